The standard InChI is InChI=1S/C51H33N5.C46H28N6/c1-2-16-34(17-3-1)35-18-14-20-37(32-35)49-52-50(54-51(53-49)56-47-30-12-7-25-42(47)43-26-8-13-31-48(43)56)38-21-15-19-36(33-38)39-22-4-9-27-44(39)55-45-28-10-5-23-40(45)41-24-6-11-29-46(41)55;1-47-34-27-25-32(26-28-34)45-48-44(49-46(50-45)52-42-19-8-4-15-38(42)39-16-5-9-20-43(39)52)31-23-21-30(22-24-31)33-11-10-12-35(29-33)51-40-17-6-2-13-36(40)37-14-3-7-18-41(37)51/h1-33H;2-29H. The van der Waals surface area contributed by atoms with Gasteiger partial charge in [0.2, 0.25) is 11.9 Å². The van der Waals surface area contributed by atoms with Crippen molar-refractivity contribution in [1.29, 1.82) is 0 Å². The van der Waals surface area contributed by atoms with Gasteiger partial charge >= 0.3 is 0 Å². The van der Waals surface area contributed by atoms with Gasteiger partial charge in [-0.3, -0.25) is 9.13 Å². The van der Waals surface area contributed by atoms with Gasteiger partial charge in [-0.1, -0.05) is 291 Å². The summed E-state index contributed by atoms with van der Waals surface area (Å²) >= 11 is 0. The average Bonchev–Trinajstić information content (AvgIpc) is 1.63. The molecular formula is C97H61N11. The molecule has 0 bridgehead atoms. The SMILES string of the molecule is [C-]#[N+]c1ccc(-c2nc(-c3ccc(-c4cccc(-n5c6ccccc6c6ccccc65)c4)cc3)nc(-n3c4ccccc4c4ccccc43)n2)cc1.c1ccc(-c2cccc(-c3nc(-c4cccc(-c5ccccc5-n5c6ccccc6c6ccccc65)c4)nc(-n4c5ccccc5c5ccccc54)n3)c2)cc1. The molecule has 108 heavy (non-hydrogen) atoms. The van der Waals surface area contributed by atoms with E-state index in [1.54, 1.807) is 12.1 Å². The molecular weight excluding hydrogens is 1320 g/mol. The van der Waals surface area contributed by atoms with Crippen LogP contribution in [0.15, 0.2) is 370 Å². The highest BCUT2D eigenvalue weighted by Gasteiger charge is 2.23. The van der Waals surface area contributed by atoms with E-state index < -0.39 is 0 Å². The lowest BCUT2D eigenvalue weighted by atomic mass is 10.0. The topological polar surface area (TPSA) is 101 Å². The van der Waals surface area contributed by atoms with Crippen LogP contribution in [0.2, 0.25) is 0 Å². The van der Waals surface area contributed by atoms with Crippen LogP contribution < -0.4 is 0 Å². The molecule has 21 aromatic rings. The lowest BCUT2D eigenvalue weighted by molar-refractivity contribution is 0.953. The van der Waals surface area contributed by atoms with E-state index in [2.05, 4.69) is 351 Å². The van der Waals surface area contributed by atoms with Crippen molar-refractivity contribution in [3.8, 4) is 102 Å². The van der Waals surface area contributed by atoms with E-state index in [0.29, 0.717) is 40.9 Å². The second-order valence-electron chi connectivity index (χ2n) is 26.9. The minimum absolute atomic E-state index is 0.537. The second kappa shape index (κ2) is 26.4. The van der Waals surface area contributed by atoms with E-state index in [1.165, 1.54) is 43.6 Å². The third-order valence-corrected chi connectivity index (χ3v) is 20.6. The summed E-state index contributed by atoms with van der Waals surface area (Å²) in [6, 6.07) is 129. The molecule has 6 heterocycles. The van der Waals surface area contributed by atoms with E-state index in [1.807, 2.05) is 30.3 Å². The maximum Gasteiger partial charge on any atom is 0.238 e. The van der Waals surface area contributed by atoms with Crippen LogP contribution in [-0.4, -0.2) is 48.2 Å². The van der Waals surface area contributed by atoms with Crippen LogP contribution in [0.3, 0.4) is 0 Å². The Morgan fingerprint density at radius 2 is 0.500 bits per heavy atom. The van der Waals surface area contributed by atoms with Gasteiger partial charge in [-0.25, -0.2) is 14.8 Å². The average molecular weight is 1380 g/mol. The molecule has 0 aliphatic rings. The van der Waals surface area contributed by atoms with Crippen LogP contribution in [0.1, 0.15) is 0 Å². The smallest absolute Gasteiger partial charge is 0.238 e. The number of hydrogen-bond acceptors (Lipinski definition) is 6. The highest BCUT2D eigenvalue weighted by molar-refractivity contribution is 6.12. The Balaban J connectivity index is 0.000000143. The van der Waals surface area contributed by atoms with Gasteiger partial charge in [0.1, 0.15) is 0 Å². The van der Waals surface area contributed by atoms with Crippen LogP contribution in [-0.2, 0) is 0 Å². The Morgan fingerprint density at radius 3 is 0.935 bits per heavy atom. The second-order valence-corrected chi connectivity index (χ2v) is 26.9. The summed E-state index contributed by atoms with van der Waals surface area (Å²) in [5.74, 6) is 3.44. The van der Waals surface area contributed by atoms with E-state index in [4.69, 9.17) is 36.5 Å². The Hall–Kier alpha value is -15.0. The van der Waals surface area contributed by atoms with Crippen molar-refractivity contribution in [2.24, 2.45) is 0 Å². The molecule has 0 N–H and O–H groups in total. The predicted octanol–water partition coefficient (Wildman–Crippen LogP) is 24.4. The van der Waals surface area contributed by atoms with Crippen molar-refractivity contribution in [3.63, 3.8) is 0 Å². The van der Waals surface area contributed by atoms with E-state index in [9.17, 15) is 0 Å². The predicted molar refractivity (Wildman–Crippen MR) is 441 cm³/mol. The lowest BCUT2D eigenvalue weighted by Crippen LogP contribution is -2.06. The molecule has 0 saturated carbocycles. The molecule has 0 aliphatic heterocycles. The van der Waals surface area contributed by atoms with Gasteiger partial charge in [0.25, 0.3) is 0 Å². The quantitative estimate of drug-likeness (QED) is 0.120. The van der Waals surface area contributed by atoms with Crippen LogP contribution in [0, 0.1) is 6.57 Å². The van der Waals surface area contributed by atoms with Crippen molar-refractivity contribution in [2.45, 2.75) is 0 Å². The van der Waals surface area contributed by atoms with E-state index >= 15 is 0 Å². The molecule has 0 radical (unpaired) electrons. The first-order valence-corrected chi connectivity index (χ1v) is 36.0. The lowest BCUT2D eigenvalue weighted by Gasteiger charge is -2.15. The Kier molecular flexibility index (Phi) is 15.3. The summed E-state index contributed by atoms with van der Waals surface area (Å²) in [7, 11) is 0. The van der Waals surface area contributed by atoms with Gasteiger partial charge in [0.15, 0.2) is 29.0 Å². The zero-order valence-corrected chi connectivity index (χ0v) is 58.1. The molecule has 15 aromatic carbocycles. The molecule has 0 amide bonds. The van der Waals surface area contributed by atoms with E-state index in [-0.39, 0.29) is 0 Å². The fraction of sp³-hybridized carbons (Fsp3) is 0. The molecule has 21 rings (SSSR count). The summed E-state index contributed by atoms with van der Waals surface area (Å²) in [4.78, 5) is 34.4. The van der Waals surface area contributed by atoms with Gasteiger partial charge in [-0.15, -0.1) is 0 Å². The summed E-state index contributed by atoms with van der Waals surface area (Å²) in [5, 5.41) is 9.53. The van der Waals surface area contributed by atoms with Crippen molar-refractivity contribution in [2.75, 3.05) is 0 Å². The highest BCUT2D eigenvalue weighted by Crippen LogP contribution is 2.41. The van der Waals surface area contributed by atoms with Crippen LogP contribution in [0.5, 0.6) is 0 Å². The van der Waals surface area contributed by atoms with Crippen LogP contribution in [0.4, 0.5) is 5.69 Å². The van der Waals surface area contributed by atoms with Crippen molar-refractivity contribution in [1.82, 2.24) is 48.2 Å². The van der Waals surface area contributed by atoms with Gasteiger partial charge in [0.05, 0.1) is 56.4 Å². The minimum Gasteiger partial charge on any atom is -0.309 e. The first-order valence-electron chi connectivity index (χ1n) is 36.0. The summed E-state index contributed by atoms with van der Waals surface area (Å²) in [6.07, 6.45) is 0. The first kappa shape index (κ1) is 62.8. The fourth-order valence-corrected chi connectivity index (χ4v) is 15.6. The van der Waals surface area contributed by atoms with Crippen LogP contribution in [0.25, 0.3) is 194 Å². The number of benzene rings is 15. The molecule has 0 unspecified atom stereocenters. The Morgan fingerprint density at radius 1 is 0.204 bits per heavy atom. The molecule has 0 atom stereocenters. The summed E-state index contributed by atoms with van der Waals surface area (Å²) in [5.41, 5.74) is 21.8. The molecule has 11 nitrogen and oxygen atoms in total. The summed E-state index contributed by atoms with van der Waals surface area (Å²) < 4.78 is 9.01. The van der Waals surface area contributed by atoms with Crippen molar-refractivity contribution in [3.05, 3.63) is 381 Å². The normalized spacial score (nSPS) is 11.5. The highest BCUT2D eigenvalue weighted by atomic mass is 15.2. The number of hydrogen-bond donors (Lipinski definition) is 0. The maximum atomic E-state index is 7.42. The van der Waals surface area contributed by atoms with Gasteiger partial charge in [-0.05, 0) is 107 Å². The first-order chi connectivity index (χ1) is 53.5. The monoisotopic (exact) mass is 1380 g/mol. The molecule has 0 spiro atoms. The van der Waals surface area contributed by atoms with Crippen LogP contribution >= 0.6 is 0 Å². The van der Waals surface area contributed by atoms with Crippen molar-refractivity contribution < 1.29 is 0 Å². The van der Waals surface area contributed by atoms with Crippen molar-refractivity contribution >= 4 is 92.9 Å². The van der Waals surface area contributed by atoms with Gasteiger partial charge < -0.3 is 9.13 Å². The number of rotatable bonds is 11. The molecule has 6 aromatic heterocycles. The Labute approximate surface area is 621 Å². The fourth-order valence-electron chi connectivity index (χ4n) is 15.6. The zero-order valence-electron chi connectivity index (χ0n) is 58.1. The van der Waals surface area contributed by atoms with E-state index in [0.717, 1.165) is 111 Å². The third-order valence-electron chi connectivity index (χ3n) is 20.6. The largest absolute Gasteiger partial charge is 0.309 e. The molecule has 11 heteroatoms. The summed E-state index contributed by atoms with van der Waals surface area (Å²) in [6.45, 7) is 7.42. The third kappa shape index (κ3) is 10.9. The number of aromatic nitrogens is 10. The maximum absolute atomic E-state index is 7.42. The van der Waals surface area contributed by atoms with Gasteiger partial charge in [0, 0.05) is 76.6 Å². The number of fused-ring (bicyclic) bond motifs is 12. The van der Waals surface area contributed by atoms with Gasteiger partial charge in [-0.2, -0.15) is 19.9 Å². The molecule has 0 aliphatic carbocycles. The minimum atomic E-state index is 0.537. The molecule has 0 fully saturated rings. The number of nitrogens with zero attached hydrogens (tertiary/aromatic N) is 11. The molecule has 504 valence electrons. The Bertz CT molecular complexity index is 6920. The molecule has 0 saturated heterocycles. The number of para-hydroxylation sites is 9. The zero-order chi connectivity index (χ0) is 71.6.